The van der Waals surface area contributed by atoms with E-state index < -0.39 is 107 Å². The molecule has 12 unspecified atom stereocenters. The van der Waals surface area contributed by atoms with Crippen LogP contribution in [0.15, 0.2) is 258 Å². The average Bonchev–Trinajstić information content (AvgIpc) is 1.53. The van der Waals surface area contributed by atoms with Gasteiger partial charge in [-0.05, 0) is 249 Å². The molecule has 16 rings (SSSR count). The molecule has 0 radical (unpaired) electrons. The lowest BCUT2D eigenvalue weighted by Gasteiger charge is -2.19. The van der Waals surface area contributed by atoms with E-state index in [-0.39, 0.29) is 137 Å². The molecule has 120 heavy (non-hydrogen) atoms. The van der Waals surface area contributed by atoms with Crippen LogP contribution in [-0.4, -0.2) is 71.6 Å². The second kappa shape index (κ2) is 33.0. The maximum Gasteiger partial charge on any atom is 0.335 e. The van der Waals surface area contributed by atoms with Crippen molar-refractivity contribution in [3.05, 3.63) is 291 Å². The van der Waals surface area contributed by atoms with Crippen molar-refractivity contribution in [3.8, 4) is 69.0 Å². The molecule has 6 aliphatic carbocycles. The molecule has 6 saturated carbocycles. The smallest absolute Gasteiger partial charge is 0.335 e. The van der Waals surface area contributed by atoms with Crippen molar-refractivity contribution in [2.75, 3.05) is 0 Å². The molecule has 12 atom stereocenters. The zero-order valence-corrected chi connectivity index (χ0v) is 64.0. The van der Waals surface area contributed by atoms with Crippen molar-refractivity contribution in [3.63, 3.8) is 0 Å². The van der Waals surface area contributed by atoms with Crippen LogP contribution < -0.4 is 56.8 Å². The number of fused-ring (bicyclic) bond motifs is 6. The van der Waals surface area contributed by atoms with E-state index in [0.717, 1.165) is 69.8 Å². The van der Waals surface area contributed by atoms with E-state index >= 15 is 0 Å². The van der Waals surface area contributed by atoms with Gasteiger partial charge in [0.15, 0.2) is 34.5 Å². The van der Waals surface area contributed by atoms with E-state index in [2.05, 4.69) is 39.5 Å². The third-order valence-corrected chi connectivity index (χ3v) is 22.1. The summed E-state index contributed by atoms with van der Waals surface area (Å²) in [7, 11) is 0. The number of hydrogen-bond donors (Lipinski definition) is 0. The molecule has 0 spiro atoms. The number of hydrogen-bond acceptors (Lipinski definition) is 24. The predicted octanol–water partition coefficient (Wildman–Crippen LogP) is 15.9. The van der Waals surface area contributed by atoms with Gasteiger partial charge in [0.05, 0.1) is 35.5 Å². The molecule has 10 aromatic carbocycles. The minimum Gasteiger partial charge on any atom is -0.423 e. The van der Waals surface area contributed by atoms with Crippen LogP contribution in [0.2, 0.25) is 0 Å². The Bertz CT molecular complexity index is 5040. The molecular formula is C96H72O24. The summed E-state index contributed by atoms with van der Waals surface area (Å²) < 4.78 is 70.6. The Morgan fingerprint density at radius 1 is 0.200 bits per heavy atom. The van der Waals surface area contributed by atoms with Gasteiger partial charge in [-0.3, -0.25) is 28.8 Å². The predicted molar refractivity (Wildman–Crippen MR) is 432 cm³/mol. The van der Waals surface area contributed by atoms with Gasteiger partial charge in [0.2, 0.25) is 0 Å². The fourth-order valence-electron chi connectivity index (χ4n) is 15.2. The van der Waals surface area contributed by atoms with E-state index in [4.69, 9.17) is 56.8 Å². The second-order valence-electron chi connectivity index (χ2n) is 29.9. The van der Waals surface area contributed by atoms with Crippen molar-refractivity contribution in [1.82, 2.24) is 0 Å². The van der Waals surface area contributed by atoms with Crippen LogP contribution in [-0.2, 0) is 57.5 Å². The van der Waals surface area contributed by atoms with E-state index in [9.17, 15) is 57.5 Å². The van der Waals surface area contributed by atoms with Crippen LogP contribution in [0.5, 0.6) is 69.0 Å². The van der Waals surface area contributed by atoms with Gasteiger partial charge in [0.25, 0.3) is 0 Å². The first-order valence-electron chi connectivity index (χ1n) is 38.5. The number of carbonyl (C=O) groups excluding carboxylic acids is 12. The minimum absolute atomic E-state index is 0.234. The highest BCUT2D eigenvalue weighted by atomic mass is 16.6. The summed E-state index contributed by atoms with van der Waals surface area (Å²) in [6, 6.07) is 48.5. The number of esters is 12. The third kappa shape index (κ3) is 17.3. The van der Waals surface area contributed by atoms with Gasteiger partial charge in [0.1, 0.15) is 34.5 Å². The Labute approximate surface area is 684 Å². The Morgan fingerprint density at radius 3 is 0.442 bits per heavy atom. The SMILES string of the molecule is C=CC(=O)Oc1ccc(C2CC2C(=O)Oc2cc3c4cc(OC(=O)C5CC5c5ccc(OC(=O)C=C)cc5)c(OC(=O)C5CC5c5ccc(OC(=O)C=C)cc5)cc4c4cc(OC(=O)C5CC5c5ccc(OC(=O)C=C)cc5)c(OC(=O)C5CC5c5ccc(OC(=O)C=C)cc5)cc4c3cc2OC(=O)C2CC2c2ccc(OC(=O)C=C)cc2)cc1. The van der Waals surface area contributed by atoms with Gasteiger partial charge in [-0.15, -0.1) is 0 Å². The van der Waals surface area contributed by atoms with Gasteiger partial charge in [-0.25, -0.2) is 28.8 Å². The number of rotatable bonds is 30. The maximum atomic E-state index is 15.0. The Balaban J connectivity index is 0.839. The average molecular weight is 1610 g/mol. The summed E-state index contributed by atoms with van der Waals surface area (Å²) in [5, 5.41) is 1.40. The normalized spacial score (nSPS) is 20.9. The molecule has 0 aliphatic heterocycles. The van der Waals surface area contributed by atoms with E-state index in [1.165, 1.54) is 36.4 Å². The summed E-state index contributed by atoms with van der Waals surface area (Å²) in [4.78, 5) is 162. The summed E-state index contributed by atoms with van der Waals surface area (Å²) in [6.45, 7) is 20.8. The summed E-state index contributed by atoms with van der Waals surface area (Å²) in [5.41, 5.74) is 4.35. The standard InChI is InChI=1S/C96H72O24/c1-7-85(97)109-55-25-13-49(14-26-55)61-37-73(61)91(103)115-79-43-67-68(44-80(79)116-92(104)74-38-62(74)50-15-27-56(28-16-50)110-86(98)8-2)70-46-82(118-94(106)76-40-64(76)52-19-31-58(32-20-52)112-88(100)10-4)84(120-96(108)78-42-66(78)54-23-35-60(36-24-54)114-90(102)12-6)48-72(70)71-47-83(119-95(107)77-41-65(77)53-21-33-59(34-22-53)113-89(101)11-5)81(45-69(67)71)117-93(105)75-39-63(75)51-17-29-57(30-18-51)111-87(99)9-3/h7-36,43-48,61-66,73-78H,1-6,37-42H2. The maximum absolute atomic E-state index is 15.0. The van der Waals surface area contributed by atoms with Crippen LogP contribution in [0.25, 0.3) is 32.3 Å². The molecule has 6 aliphatic rings. The zero-order chi connectivity index (χ0) is 83.9. The molecule has 0 heterocycles. The topological polar surface area (TPSA) is 316 Å². The van der Waals surface area contributed by atoms with Crippen molar-refractivity contribution < 1.29 is 114 Å². The Morgan fingerprint density at radius 2 is 0.325 bits per heavy atom. The Hall–Kier alpha value is -14.9. The number of benzene rings is 10. The first-order chi connectivity index (χ1) is 58.0. The van der Waals surface area contributed by atoms with Gasteiger partial charge in [-0.1, -0.05) is 112 Å². The van der Waals surface area contributed by atoms with Gasteiger partial charge >= 0.3 is 71.6 Å². The lowest BCUT2D eigenvalue weighted by atomic mass is 9.93. The second-order valence-corrected chi connectivity index (χ2v) is 29.9. The number of ether oxygens (including phenoxy) is 12. The first kappa shape index (κ1) is 78.9. The molecule has 0 aromatic heterocycles. The molecule has 0 amide bonds. The molecule has 10 aromatic rings. The van der Waals surface area contributed by atoms with E-state index in [0.29, 0.717) is 38.5 Å². The first-order valence-corrected chi connectivity index (χ1v) is 38.5. The van der Waals surface area contributed by atoms with Crippen LogP contribution >= 0.6 is 0 Å². The molecule has 24 heteroatoms. The lowest BCUT2D eigenvalue weighted by Crippen LogP contribution is -2.16. The summed E-state index contributed by atoms with van der Waals surface area (Å²) in [5.74, 6) is -15.1. The fourth-order valence-corrected chi connectivity index (χ4v) is 15.2. The van der Waals surface area contributed by atoms with Crippen LogP contribution in [0.4, 0.5) is 0 Å². The van der Waals surface area contributed by atoms with Crippen molar-refractivity contribution in [2.45, 2.75) is 74.0 Å². The molecule has 24 nitrogen and oxygen atoms in total. The van der Waals surface area contributed by atoms with Gasteiger partial charge < -0.3 is 56.8 Å². The van der Waals surface area contributed by atoms with Gasteiger partial charge in [-0.2, -0.15) is 0 Å². The molecule has 600 valence electrons. The van der Waals surface area contributed by atoms with Crippen molar-refractivity contribution >= 4 is 104 Å². The van der Waals surface area contributed by atoms with E-state index in [1.807, 2.05) is 0 Å². The molecule has 0 N–H and O–H groups in total. The highest BCUT2D eigenvalue weighted by molar-refractivity contribution is 6.27. The lowest BCUT2D eigenvalue weighted by molar-refractivity contribution is -0.138. The van der Waals surface area contributed by atoms with Crippen molar-refractivity contribution in [1.29, 1.82) is 0 Å². The third-order valence-electron chi connectivity index (χ3n) is 22.1. The minimum atomic E-state index is -0.748. The highest BCUT2D eigenvalue weighted by Crippen LogP contribution is 2.57. The van der Waals surface area contributed by atoms with Crippen molar-refractivity contribution in [2.24, 2.45) is 35.5 Å². The van der Waals surface area contributed by atoms with Crippen LogP contribution in [0, 0.1) is 35.5 Å². The largest absolute Gasteiger partial charge is 0.423 e. The molecule has 0 saturated heterocycles. The molecule has 6 fully saturated rings. The van der Waals surface area contributed by atoms with Crippen LogP contribution in [0.3, 0.4) is 0 Å². The van der Waals surface area contributed by atoms with E-state index in [1.54, 1.807) is 146 Å². The Kier molecular flexibility index (Phi) is 21.7. The summed E-state index contributed by atoms with van der Waals surface area (Å²) in [6.07, 6.45) is 8.11. The highest BCUT2D eigenvalue weighted by Gasteiger charge is 2.51. The van der Waals surface area contributed by atoms with Crippen LogP contribution in [0.1, 0.15) is 107 Å². The molecule has 0 bridgehead atoms. The quantitative estimate of drug-likeness (QED) is 0.0175. The zero-order valence-electron chi connectivity index (χ0n) is 64.0. The molecular weight excluding hydrogens is 1540 g/mol. The monoisotopic (exact) mass is 1610 g/mol. The number of carbonyl (C=O) groups is 12. The van der Waals surface area contributed by atoms with Gasteiger partial charge in [0, 0.05) is 36.5 Å². The summed E-state index contributed by atoms with van der Waals surface area (Å²) >= 11 is 0. The fraction of sp³-hybridized carbons (Fsp3) is 0.188.